The molecule has 1 aliphatic rings. The van der Waals surface area contributed by atoms with Gasteiger partial charge in [0, 0.05) is 22.3 Å². The summed E-state index contributed by atoms with van der Waals surface area (Å²) in [6.07, 6.45) is 1.21. The number of aromatic nitrogens is 2. The van der Waals surface area contributed by atoms with Gasteiger partial charge in [-0.2, -0.15) is 5.10 Å². The van der Waals surface area contributed by atoms with E-state index in [4.69, 9.17) is 0 Å². The number of H-pyrrole nitrogens is 1. The fraction of sp³-hybridized carbons (Fsp3) is 0.235. The van der Waals surface area contributed by atoms with Crippen molar-refractivity contribution in [3.05, 3.63) is 69.5 Å². The van der Waals surface area contributed by atoms with Crippen LogP contribution < -0.4 is 5.56 Å². The van der Waals surface area contributed by atoms with Crippen molar-refractivity contribution in [3.8, 4) is 0 Å². The number of nitrogens with zero attached hydrogens (tertiary/aromatic N) is 2. The topological polar surface area (TPSA) is 83.1 Å². The lowest BCUT2D eigenvalue weighted by Gasteiger charge is -2.40. The third-order valence-corrected chi connectivity index (χ3v) is 6.60. The van der Waals surface area contributed by atoms with E-state index in [1.165, 1.54) is 22.4 Å². The highest BCUT2D eigenvalue weighted by molar-refractivity contribution is 8.45. The second kappa shape index (κ2) is 7.01. The number of halogens is 5. The van der Waals surface area contributed by atoms with Crippen LogP contribution in [-0.2, 0) is 28.6 Å². The van der Waals surface area contributed by atoms with Crippen molar-refractivity contribution in [2.24, 2.45) is 0 Å². The zero-order chi connectivity index (χ0) is 22.2. The predicted molar refractivity (Wildman–Crippen MR) is 103 cm³/mol. The third kappa shape index (κ3) is 5.53. The molecule has 2 unspecified atom stereocenters. The average molecular weight is 469 g/mol. The van der Waals surface area contributed by atoms with Crippen molar-refractivity contribution in [2.45, 2.75) is 23.9 Å². The van der Waals surface area contributed by atoms with Crippen LogP contribution in [0.3, 0.4) is 0 Å². The first-order valence-electron chi connectivity index (χ1n) is 8.44. The van der Waals surface area contributed by atoms with Gasteiger partial charge in [-0.25, -0.2) is 5.10 Å². The number of amides is 1. The molecule has 2 aromatic rings. The van der Waals surface area contributed by atoms with E-state index in [-0.39, 0.29) is 36.4 Å². The number of nitrogens with one attached hydrogen (secondary N) is 1. The van der Waals surface area contributed by atoms with Crippen molar-refractivity contribution in [3.63, 3.8) is 0 Å². The first-order chi connectivity index (χ1) is 13.7. The Morgan fingerprint density at radius 1 is 1.13 bits per heavy atom. The lowest BCUT2D eigenvalue weighted by Crippen LogP contribution is -2.41. The molecule has 0 radical (unpaired) electrons. The maximum atomic E-state index is 12.8. The van der Waals surface area contributed by atoms with E-state index < -0.39 is 43.4 Å². The van der Waals surface area contributed by atoms with Gasteiger partial charge < -0.3 is 4.90 Å². The van der Waals surface area contributed by atoms with Gasteiger partial charge in [-0.15, -0.1) is 0 Å². The first kappa shape index (κ1) is 22.2. The van der Waals surface area contributed by atoms with Crippen LogP contribution in [0.25, 0.3) is 0 Å². The summed E-state index contributed by atoms with van der Waals surface area (Å²) < 4.78 is 75.9. The highest BCUT2D eigenvalue weighted by Gasteiger charge is 2.65. The fourth-order valence-corrected chi connectivity index (χ4v) is 4.56. The SMILES string of the molecule is O=C(Cc1ccc(S(F)(F)(F)(F)F)cc1)N(Cc1ccc(=O)[nH]n1)C1C=CS(=O)C1. The fourth-order valence-electron chi connectivity index (χ4n) is 2.82. The molecule has 2 heterocycles. The summed E-state index contributed by atoms with van der Waals surface area (Å²) in [6, 6.07) is 4.22. The van der Waals surface area contributed by atoms with E-state index in [1.54, 1.807) is 6.08 Å². The van der Waals surface area contributed by atoms with E-state index in [9.17, 15) is 33.2 Å². The van der Waals surface area contributed by atoms with E-state index in [0.717, 1.165) is 12.1 Å². The molecule has 0 saturated carbocycles. The predicted octanol–water partition coefficient (Wildman–Crippen LogP) is 3.64. The van der Waals surface area contributed by atoms with Crippen LogP contribution in [0.15, 0.2) is 57.6 Å². The average Bonchev–Trinajstić information content (AvgIpc) is 3.05. The molecule has 1 aliphatic heterocycles. The second-order valence-electron chi connectivity index (χ2n) is 6.67. The van der Waals surface area contributed by atoms with Gasteiger partial charge in [0.2, 0.25) is 5.91 Å². The summed E-state index contributed by atoms with van der Waals surface area (Å²) in [6.45, 7) is -0.0502. The molecule has 0 bridgehead atoms. The molecule has 30 heavy (non-hydrogen) atoms. The van der Waals surface area contributed by atoms with Gasteiger partial charge in [-0.3, -0.25) is 13.8 Å². The van der Waals surface area contributed by atoms with E-state index in [1.807, 2.05) is 0 Å². The van der Waals surface area contributed by atoms with Gasteiger partial charge >= 0.3 is 10.2 Å². The second-order valence-corrected chi connectivity index (χ2v) is 10.4. The largest absolute Gasteiger partial charge is 0.329 e. The molecule has 1 aromatic carbocycles. The van der Waals surface area contributed by atoms with E-state index >= 15 is 0 Å². The highest BCUT2D eigenvalue weighted by Crippen LogP contribution is 3.02. The molecule has 164 valence electrons. The molecule has 1 N–H and O–H groups in total. The maximum absolute atomic E-state index is 12.8. The van der Waals surface area contributed by atoms with Gasteiger partial charge in [0.05, 0.1) is 30.5 Å². The van der Waals surface area contributed by atoms with Crippen LogP contribution in [0, 0.1) is 0 Å². The van der Waals surface area contributed by atoms with Crippen molar-refractivity contribution >= 4 is 26.9 Å². The monoisotopic (exact) mass is 469 g/mol. The smallest absolute Gasteiger partial charge is 0.310 e. The maximum Gasteiger partial charge on any atom is 0.310 e. The number of rotatable bonds is 6. The number of carbonyl (C=O) groups excluding carboxylic acids is 1. The van der Waals surface area contributed by atoms with Crippen LogP contribution in [-0.4, -0.2) is 37.0 Å². The zero-order valence-corrected chi connectivity index (χ0v) is 16.8. The van der Waals surface area contributed by atoms with Gasteiger partial charge in [-0.05, 0) is 23.8 Å². The Hall–Kier alpha value is -2.54. The van der Waals surface area contributed by atoms with Gasteiger partial charge in [0.15, 0.2) is 0 Å². The number of hydrogen-bond acceptors (Lipinski definition) is 4. The molecule has 0 aliphatic carbocycles. The summed E-state index contributed by atoms with van der Waals surface area (Å²) in [5.41, 5.74) is 0.000884. The Bertz CT molecular complexity index is 1070. The normalized spacial score (nSPS) is 21.1. The summed E-state index contributed by atoms with van der Waals surface area (Å²) in [5, 5.41) is 7.47. The lowest BCUT2D eigenvalue weighted by atomic mass is 10.1. The van der Waals surface area contributed by atoms with Crippen LogP contribution in [0.2, 0.25) is 0 Å². The molecule has 1 aromatic heterocycles. The summed E-state index contributed by atoms with van der Waals surface area (Å²) in [4.78, 5) is 23.2. The lowest BCUT2D eigenvalue weighted by molar-refractivity contribution is -0.132. The Labute approximate surface area is 170 Å². The minimum absolute atomic E-state index is 0.0502. The molecule has 2 atom stereocenters. The Kier molecular flexibility index (Phi) is 5.18. The quantitative estimate of drug-likeness (QED) is 0.655. The van der Waals surface area contributed by atoms with Gasteiger partial charge in [0.25, 0.3) is 5.56 Å². The molecular weight excluding hydrogens is 453 g/mol. The molecule has 3 rings (SSSR count). The molecule has 1 amide bonds. The number of benzene rings is 1. The van der Waals surface area contributed by atoms with Crippen LogP contribution >= 0.6 is 10.2 Å². The van der Waals surface area contributed by atoms with Crippen LogP contribution in [0.1, 0.15) is 11.3 Å². The molecule has 13 heteroatoms. The van der Waals surface area contributed by atoms with Crippen molar-refractivity contribution in [1.82, 2.24) is 15.1 Å². The molecular formula is C17H16F5N3O3S2. The Morgan fingerprint density at radius 2 is 1.80 bits per heavy atom. The van der Waals surface area contributed by atoms with Gasteiger partial charge in [-0.1, -0.05) is 37.6 Å². The molecule has 0 fully saturated rings. The molecule has 6 nitrogen and oxygen atoms in total. The van der Waals surface area contributed by atoms with Crippen LogP contribution in [0.4, 0.5) is 19.4 Å². The zero-order valence-electron chi connectivity index (χ0n) is 15.1. The number of carbonyl (C=O) groups is 1. The van der Waals surface area contributed by atoms with Gasteiger partial charge in [0.1, 0.15) is 4.90 Å². The van der Waals surface area contributed by atoms with Crippen molar-refractivity contribution < 1.29 is 28.4 Å². The minimum Gasteiger partial charge on any atom is -0.329 e. The summed E-state index contributed by atoms with van der Waals surface area (Å²) >= 11 is 0. The Morgan fingerprint density at radius 3 is 2.30 bits per heavy atom. The van der Waals surface area contributed by atoms with Crippen molar-refractivity contribution in [2.75, 3.05) is 5.75 Å². The van der Waals surface area contributed by atoms with Crippen molar-refractivity contribution in [1.29, 1.82) is 0 Å². The molecule has 0 saturated heterocycles. The highest BCUT2D eigenvalue weighted by atomic mass is 32.5. The standard InChI is InChI=1S/C17H16F5N3O3S2/c18-30(19,20,21,22)15-4-1-12(2-5-15)9-17(27)25(14-7-8-29(28)11-14)10-13-3-6-16(26)24-23-13/h1-8,14H,9-11H2,(H,24,26). The first-order valence-corrected chi connectivity index (χ1v) is 11.8. The van der Waals surface area contributed by atoms with E-state index in [0.29, 0.717) is 5.69 Å². The Balaban J connectivity index is 1.81. The third-order valence-electron chi connectivity index (χ3n) is 4.30. The number of aromatic amines is 1. The molecule has 0 spiro atoms. The van der Waals surface area contributed by atoms with Crippen LogP contribution in [0.5, 0.6) is 0 Å². The summed E-state index contributed by atoms with van der Waals surface area (Å²) in [7, 11) is -11.1. The minimum atomic E-state index is -9.79. The number of hydrogen-bond donors (Lipinski definition) is 1. The van der Waals surface area contributed by atoms with E-state index in [2.05, 4.69) is 10.2 Å². The summed E-state index contributed by atoms with van der Waals surface area (Å²) in [5.74, 6) is -0.394.